The van der Waals surface area contributed by atoms with Crippen molar-refractivity contribution in [2.75, 3.05) is 5.32 Å². The summed E-state index contributed by atoms with van der Waals surface area (Å²) in [7, 11) is 0. The first-order valence-electron chi connectivity index (χ1n) is 10.6. The van der Waals surface area contributed by atoms with Gasteiger partial charge in [0.05, 0.1) is 11.3 Å². The molecule has 0 bridgehead atoms. The van der Waals surface area contributed by atoms with E-state index in [2.05, 4.69) is 67.2 Å². The molecule has 5 heteroatoms. The fraction of sp³-hybridized carbons (Fsp3) is 0.500. The van der Waals surface area contributed by atoms with Crippen LogP contribution in [0.3, 0.4) is 0 Å². The van der Waals surface area contributed by atoms with E-state index in [0.29, 0.717) is 30.8 Å². The van der Waals surface area contributed by atoms with E-state index in [4.69, 9.17) is 0 Å². The molecule has 0 radical (unpaired) electrons. The lowest BCUT2D eigenvalue weighted by Gasteiger charge is -2.25. The van der Waals surface area contributed by atoms with E-state index in [0.717, 1.165) is 30.5 Å². The first-order valence-corrected chi connectivity index (χ1v) is 10.6. The minimum Gasteiger partial charge on any atom is -0.295 e. The van der Waals surface area contributed by atoms with Gasteiger partial charge in [-0.1, -0.05) is 64.8 Å². The molecule has 154 valence electrons. The fourth-order valence-corrected chi connectivity index (χ4v) is 3.72. The molecule has 3 rings (SSSR count). The maximum absolute atomic E-state index is 12.6. The predicted molar refractivity (Wildman–Crippen MR) is 115 cm³/mol. The number of Topliss-reactive ketones (excluding diaryl/α,β-unsaturated/α-hetero) is 1. The Hall–Kier alpha value is -2.56. The van der Waals surface area contributed by atoms with Crippen LogP contribution in [0.4, 0.5) is 5.95 Å². The predicted octanol–water partition coefficient (Wildman–Crippen LogP) is 5.21. The van der Waals surface area contributed by atoms with E-state index in [1.165, 1.54) is 5.56 Å². The van der Waals surface area contributed by atoms with Gasteiger partial charge in [-0.15, -0.1) is 0 Å². The molecule has 1 aliphatic carbocycles. The third-order valence-corrected chi connectivity index (χ3v) is 5.55. The van der Waals surface area contributed by atoms with Crippen LogP contribution >= 0.6 is 0 Å². The van der Waals surface area contributed by atoms with Crippen LogP contribution in [-0.4, -0.2) is 21.7 Å². The Labute approximate surface area is 173 Å². The van der Waals surface area contributed by atoms with Crippen molar-refractivity contribution >= 4 is 17.6 Å². The van der Waals surface area contributed by atoms with Crippen LogP contribution in [0.2, 0.25) is 0 Å². The van der Waals surface area contributed by atoms with Crippen molar-refractivity contribution in [1.29, 1.82) is 0 Å². The van der Waals surface area contributed by atoms with Gasteiger partial charge in [0.25, 0.3) is 0 Å². The number of unbranched alkanes of at least 4 members (excludes halogenated alkanes) is 2. The highest BCUT2D eigenvalue weighted by molar-refractivity contribution is 5.98. The van der Waals surface area contributed by atoms with E-state index >= 15 is 0 Å². The SMILES string of the molecule is CCCCCC(=O)Nc1ncc2c(n1)C[C@@H](c1ccc(C(C)(C)C)cc1)CC2=O. The number of benzene rings is 1. The largest absolute Gasteiger partial charge is 0.295 e. The van der Waals surface area contributed by atoms with Crippen LogP contribution < -0.4 is 5.32 Å². The lowest BCUT2D eigenvalue weighted by Crippen LogP contribution is -2.22. The van der Waals surface area contributed by atoms with Crippen molar-refractivity contribution in [1.82, 2.24) is 9.97 Å². The van der Waals surface area contributed by atoms with Gasteiger partial charge in [-0.05, 0) is 35.3 Å². The lowest BCUT2D eigenvalue weighted by molar-refractivity contribution is -0.116. The summed E-state index contributed by atoms with van der Waals surface area (Å²) in [5, 5.41) is 2.77. The van der Waals surface area contributed by atoms with Gasteiger partial charge in [-0.2, -0.15) is 0 Å². The minimum absolute atomic E-state index is 0.0666. The van der Waals surface area contributed by atoms with E-state index in [9.17, 15) is 9.59 Å². The van der Waals surface area contributed by atoms with Crippen molar-refractivity contribution < 1.29 is 9.59 Å². The highest BCUT2D eigenvalue weighted by atomic mass is 16.1. The topological polar surface area (TPSA) is 72.0 Å². The molecule has 0 unspecified atom stereocenters. The number of rotatable bonds is 6. The number of aromatic nitrogens is 2. The second-order valence-corrected chi connectivity index (χ2v) is 8.96. The molecule has 1 atom stereocenters. The monoisotopic (exact) mass is 393 g/mol. The molecule has 0 fully saturated rings. The Morgan fingerprint density at radius 2 is 1.86 bits per heavy atom. The third kappa shape index (κ3) is 5.28. The van der Waals surface area contributed by atoms with Crippen LogP contribution in [0.1, 0.15) is 92.9 Å². The van der Waals surface area contributed by atoms with Crippen LogP contribution in [-0.2, 0) is 16.6 Å². The molecular weight excluding hydrogens is 362 g/mol. The zero-order valence-corrected chi connectivity index (χ0v) is 17.9. The number of fused-ring (bicyclic) bond motifs is 1. The van der Waals surface area contributed by atoms with Gasteiger partial charge in [-0.3, -0.25) is 14.9 Å². The van der Waals surface area contributed by atoms with Crippen LogP contribution in [0.15, 0.2) is 30.5 Å². The third-order valence-electron chi connectivity index (χ3n) is 5.55. The van der Waals surface area contributed by atoms with Gasteiger partial charge in [-0.25, -0.2) is 9.97 Å². The Kier molecular flexibility index (Phi) is 6.46. The highest BCUT2D eigenvalue weighted by Crippen LogP contribution is 2.33. The van der Waals surface area contributed by atoms with Crippen molar-refractivity contribution in [3.05, 3.63) is 52.8 Å². The molecule has 5 nitrogen and oxygen atoms in total. The molecule has 1 aromatic heterocycles. The smallest absolute Gasteiger partial charge is 0.229 e. The summed E-state index contributed by atoms with van der Waals surface area (Å²) in [6, 6.07) is 8.55. The van der Waals surface area contributed by atoms with Crippen molar-refractivity contribution in [3.63, 3.8) is 0 Å². The Bertz CT molecular complexity index is 882. The molecule has 1 aromatic carbocycles. The standard InChI is InChI=1S/C24H31N3O2/c1-5-6-7-8-22(29)27-23-25-15-19-20(26-23)13-17(14-21(19)28)16-9-11-18(12-10-16)24(2,3)4/h9-12,15,17H,5-8,13-14H2,1-4H3,(H,25,26,27,29)/t17-/m1/s1. The Balaban J connectivity index is 1.74. The second kappa shape index (κ2) is 8.85. The summed E-state index contributed by atoms with van der Waals surface area (Å²) in [6.45, 7) is 8.68. The van der Waals surface area contributed by atoms with E-state index < -0.39 is 0 Å². The number of hydrogen-bond donors (Lipinski definition) is 1. The molecule has 0 saturated heterocycles. The Morgan fingerprint density at radius 1 is 1.14 bits per heavy atom. The quantitative estimate of drug-likeness (QED) is 0.684. The minimum atomic E-state index is -0.0742. The van der Waals surface area contributed by atoms with Crippen LogP contribution in [0.25, 0.3) is 0 Å². The highest BCUT2D eigenvalue weighted by Gasteiger charge is 2.28. The molecule has 0 aliphatic heterocycles. The van der Waals surface area contributed by atoms with Crippen LogP contribution in [0.5, 0.6) is 0 Å². The van der Waals surface area contributed by atoms with Gasteiger partial charge in [0, 0.05) is 19.0 Å². The fourth-order valence-electron chi connectivity index (χ4n) is 3.72. The van der Waals surface area contributed by atoms with Crippen molar-refractivity contribution in [2.45, 2.75) is 77.6 Å². The molecule has 29 heavy (non-hydrogen) atoms. The summed E-state index contributed by atoms with van der Waals surface area (Å²) in [6.07, 6.45) is 6.14. The van der Waals surface area contributed by atoms with Crippen LogP contribution in [0, 0.1) is 0 Å². The number of amides is 1. The molecule has 2 aromatic rings. The number of ketones is 1. The first-order chi connectivity index (χ1) is 13.8. The Morgan fingerprint density at radius 3 is 2.52 bits per heavy atom. The van der Waals surface area contributed by atoms with E-state index in [-0.39, 0.29) is 23.0 Å². The number of hydrogen-bond acceptors (Lipinski definition) is 4. The second-order valence-electron chi connectivity index (χ2n) is 8.96. The summed E-state index contributed by atoms with van der Waals surface area (Å²) < 4.78 is 0. The zero-order chi connectivity index (χ0) is 21.0. The van der Waals surface area contributed by atoms with Crippen molar-refractivity contribution in [2.24, 2.45) is 0 Å². The average Bonchev–Trinajstić information content (AvgIpc) is 2.67. The zero-order valence-electron chi connectivity index (χ0n) is 17.9. The number of anilines is 1. The molecule has 1 heterocycles. The van der Waals surface area contributed by atoms with E-state index in [1.807, 2.05) is 0 Å². The van der Waals surface area contributed by atoms with Gasteiger partial charge in [0.15, 0.2) is 5.78 Å². The molecular formula is C24H31N3O2. The maximum Gasteiger partial charge on any atom is 0.229 e. The normalized spacial score (nSPS) is 16.4. The summed E-state index contributed by atoms with van der Waals surface area (Å²) in [4.78, 5) is 33.4. The van der Waals surface area contributed by atoms with Gasteiger partial charge < -0.3 is 0 Å². The number of carbonyl (C=O) groups excluding carboxylic acids is 2. The number of carbonyl (C=O) groups is 2. The summed E-state index contributed by atoms with van der Waals surface area (Å²) in [5.41, 5.74) is 3.84. The molecule has 1 N–H and O–H groups in total. The van der Waals surface area contributed by atoms with Gasteiger partial charge in [0.2, 0.25) is 11.9 Å². The lowest BCUT2D eigenvalue weighted by atomic mass is 9.80. The summed E-state index contributed by atoms with van der Waals surface area (Å²) >= 11 is 0. The molecule has 1 aliphatic rings. The summed E-state index contributed by atoms with van der Waals surface area (Å²) in [5.74, 6) is 0.389. The maximum atomic E-state index is 12.6. The van der Waals surface area contributed by atoms with Gasteiger partial charge in [0.1, 0.15) is 0 Å². The molecule has 0 spiro atoms. The average molecular weight is 394 g/mol. The van der Waals surface area contributed by atoms with E-state index in [1.54, 1.807) is 6.20 Å². The number of nitrogens with one attached hydrogen (secondary N) is 1. The number of nitrogens with zero attached hydrogens (tertiary/aromatic N) is 2. The van der Waals surface area contributed by atoms with Gasteiger partial charge >= 0.3 is 0 Å². The van der Waals surface area contributed by atoms with Crippen molar-refractivity contribution in [3.8, 4) is 0 Å². The molecule has 1 amide bonds. The first kappa shape index (κ1) is 21.2. The molecule has 0 saturated carbocycles.